The summed E-state index contributed by atoms with van der Waals surface area (Å²) in [5.74, 6) is 1.06. The summed E-state index contributed by atoms with van der Waals surface area (Å²) in [7, 11) is 1.91. The van der Waals surface area contributed by atoms with Crippen LogP contribution in [0.4, 0.5) is 0 Å². The van der Waals surface area contributed by atoms with Crippen LogP contribution in [0.2, 0.25) is 0 Å². The lowest BCUT2D eigenvalue weighted by Crippen LogP contribution is -2.33. The number of nitrogens with zero attached hydrogens (tertiary/aromatic N) is 5. The second kappa shape index (κ2) is 6.76. The maximum Gasteiger partial charge on any atom is 0.242 e. The average Bonchev–Trinajstić information content (AvgIpc) is 2.98. The maximum atomic E-state index is 6.09. The van der Waals surface area contributed by atoms with Gasteiger partial charge in [0.05, 0.1) is 23.5 Å². The van der Waals surface area contributed by atoms with E-state index in [1.54, 1.807) is 17.1 Å². The first-order valence-electron chi connectivity index (χ1n) is 8.66. The standard InChI is InChI=1S/C18H22N6O/c1-12-14(10-24(2)23-12)15-8-16-17(21-7-6-20-16)18(22-15)25-11-13-4-3-5-19-9-13/h6-8,10,13,19H,3-5,9,11H2,1-2H3/t13-/m0/s1. The molecule has 3 aromatic heterocycles. The van der Waals surface area contributed by atoms with Gasteiger partial charge in [0.1, 0.15) is 0 Å². The van der Waals surface area contributed by atoms with Crippen LogP contribution in [0.15, 0.2) is 24.7 Å². The van der Waals surface area contributed by atoms with Crippen molar-refractivity contribution < 1.29 is 4.74 Å². The molecule has 1 aliphatic heterocycles. The van der Waals surface area contributed by atoms with Gasteiger partial charge in [0, 0.05) is 43.7 Å². The Morgan fingerprint density at radius 2 is 2.20 bits per heavy atom. The van der Waals surface area contributed by atoms with Gasteiger partial charge >= 0.3 is 0 Å². The zero-order valence-electron chi connectivity index (χ0n) is 14.6. The topological polar surface area (TPSA) is 77.8 Å². The number of hydrogen-bond acceptors (Lipinski definition) is 6. The molecule has 0 unspecified atom stereocenters. The average molecular weight is 338 g/mol. The molecule has 4 rings (SSSR count). The molecule has 0 aliphatic carbocycles. The summed E-state index contributed by atoms with van der Waals surface area (Å²) >= 11 is 0. The minimum atomic E-state index is 0.506. The molecule has 0 saturated carbocycles. The molecule has 0 aromatic carbocycles. The second-order valence-corrected chi connectivity index (χ2v) is 6.56. The molecular weight excluding hydrogens is 316 g/mol. The van der Waals surface area contributed by atoms with E-state index in [9.17, 15) is 0 Å². The van der Waals surface area contributed by atoms with Crippen molar-refractivity contribution in [1.29, 1.82) is 0 Å². The molecule has 25 heavy (non-hydrogen) atoms. The van der Waals surface area contributed by atoms with Crippen LogP contribution in [0.25, 0.3) is 22.3 Å². The Bertz CT molecular complexity index is 884. The Morgan fingerprint density at radius 3 is 2.96 bits per heavy atom. The Balaban J connectivity index is 1.69. The predicted octanol–water partition coefficient (Wildman–Crippen LogP) is 2.11. The van der Waals surface area contributed by atoms with Crippen LogP contribution in [-0.4, -0.2) is 44.4 Å². The molecule has 1 atom stereocenters. The summed E-state index contributed by atoms with van der Waals surface area (Å²) < 4.78 is 7.88. The third-order valence-corrected chi connectivity index (χ3v) is 4.57. The maximum absolute atomic E-state index is 6.09. The number of ether oxygens (including phenoxy) is 1. The van der Waals surface area contributed by atoms with Crippen LogP contribution < -0.4 is 10.1 Å². The lowest BCUT2D eigenvalue weighted by molar-refractivity contribution is 0.214. The quantitative estimate of drug-likeness (QED) is 0.785. The molecular formula is C18H22N6O. The van der Waals surface area contributed by atoms with Gasteiger partial charge in [-0.2, -0.15) is 5.10 Å². The summed E-state index contributed by atoms with van der Waals surface area (Å²) in [5, 5.41) is 7.82. The highest BCUT2D eigenvalue weighted by Gasteiger charge is 2.17. The zero-order valence-corrected chi connectivity index (χ0v) is 14.6. The van der Waals surface area contributed by atoms with Crippen molar-refractivity contribution in [1.82, 2.24) is 30.0 Å². The predicted molar refractivity (Wildman–Crippen MR) is 95.4 cm³/mol. The third-order valence-electron chi connectivity index (χ3n) is 4.57. The molecule has 0 radical (unpaired) electrons. The van der Waals surface area contributed by atoms with E-state index < -0.39 is 0 Å². The van der Waals surface area contributed by atoms with Crippen molar-refractivity contribution in [2.24, 2.45) is 13.0 Å². The second-order valence-electron chi connectivity index (χ2n) is 6.56. The van der Waals surface area contributed by atoms with Gasteiger partial charge in [0.25, 0.3) is 0 Å². The molecule has 1 N–H and O–H groups in total. The van der Waals surface area contributed by atoms with E-state index in [4.69, 9.17) is 9.72 Å². The van der Waals surface area contributed by atoms with Crippen molar-refractivity contribution >= 4 is 11.0 Å². The molecule has 1 saturated heterocycles. The molecule has 130 valence electrons. The fourth-order valence-electron chi connectivity index (χ4n) is 3.30. The first kappa shape index (κ1) is 16.0. The molecule has 0 bridgehead atoms. The largest absolute Gasteiger partial charge is 0.476 e. The van der Waals surface area contributed by atoms with E-state index in [1.165, 1.54) is 12.8 Å². The normalized spacial score (nSPS) is 17.8. The fraction of sp³-hybridized carbons (Fsp3) is 0.444. The van der Waals surface area contributed by atoms with Gasteiger partial charge in [-0.15, -0.1) is 0 Å². The SMILES string of the molecule is Cc1nn(C)cc1-c1cc2nccnc2c(OC[C@H]2CCCNC2)n1. The van der Waals surface area contributed by atoms with Gasteiger partial charge in [-0.3, -0.25) is 9.67 Å². The monoisotopic (exact) mass is 338 g/mol. The zero-order chi connectivity index (χ0) is 17.2. The van der Waals surface area contributed by atoms with E-state index in [1.807, 2.05) is 26.2 Å². The number of fused-ring (bicyclic) bond motifs is 1. The van der Waals surface area contributed by atoms with Gasteiger partial charge in [-0.25, -0.2) is 9.97 Å². The van der Waals surface area contributed by atoms with Crippen molar-refractivity contribution in [3.63, 3.8) is 0 Å². The van der Waals surface area contributed by atoms with Gasteiger partial charge in [0.2, 0.25) is 5.88 Å². The third kappa shape index (κ3) is 3.32. The minimum absolute atomic E-state index is 0.506. The van der Waals surface area contributed by atoms with Crippen molar-refractivity contribution in [2.45, 2.75) is 19.8 Å². The molecule has 3 aromatic rings. The number of rotatable bonds is 4. The Labute approximate surface area is 146 Å². The Morgan fingerprint density at radius 1 is 1.32 bits per heavy atom. The van der Waals surface area contributed by atoms with E-state index in [0.717, 1.165) is 35.6 Å². The highest BCUT2D eigenvalue weighted by molar-refractivity contribution is 5.83. The summed E-state index contributed by atoms with van der Waals surface area (Å²) in [6, 6.07) is 1.95. The van der Waals surface area contributed by atoms with Crippen molar-refractivity contribution in [2.75, 3.05) is 19.7 Å². The molecule has 0 spiro atoms. The first-order chi connectivity index (χ1) is 12.2. The molecule has 7 nitrogen and oxygen atoms in total. The summed E-state index contributed by atoms with van der Waals surface area (Å²) in [5.41, 5.74) is 4.22. The number of pyridine rings is 1. The van der Waals surface area contributed by atoms with Crippen LogP contribution in [0.1, 0.15) is 18.5 Å². The number of piperidine rings is 1. The lowest BCUT2D eigenvalue weighted by atomic mass is 10.0. The van der Waals surface area contributed by atoms with Gasteiger partial charge in [-0.1, -0.05) is 0 Å². The van der Waals surface area contributed by atoms with E-state index in [2.05, 4.69) is 20.4 Å². The number of aromatic nitrogens is 5. The van der Waals surface area contributed by atoms with Gasteiger partial charge in [0.15, 0.2) is 5.52 Å². The highest BCUT2D eigenvalue weighted by Crippen LogP contribution is 2.28. The van der Waals surface area contributed by atoms with Gasteiger partial charge in [-0.05, 0) is 32.4 Å². The smallest absolute Gasteiger partial charge is 0.242 e. The van der Waals surface area contributed by atoms with Crippen LogP contribution in [0.5, 0.6) is 5.88 Å². The summed E-state index contributed by atoms with van der Waals surface area (Å²) in [4.78, 5) is 13.6. The van der Waals surface area contributed by atoms with Crippen LogP contribution in [0, 0.1) is 12.8 Å². The minimum Gasteiger partial charge on any atom is -0.476 e. The van der Waals surface area contributed by atoms with E-state index >= 15 is 0 Å². The van der Waals surface area contributed by atoms with Crippen LogP contribution in [-0.2, 0) is 7.05 Å². The molecule has 0 amide bonds. The Hall–Kier alpha value is -2.54. The van der Waals surface area contributed by atoms with Gasteiger partial charge < -0.3 is 10.1 Å². The van der Waals surface area contributed by atoms with E-state index in [0.29, 0.717) is 23.9 Å². The molecule has 1 fully saturated rings. The Kier molecular flexibility index (Phi) is 4.31. The van der Waals surface area contributed by atoms with Crippen LogP contribution >= 0.6 is 0 Å². The van der Waals surface area contributed by atoms with Crippen molar-refractivity contribution in [3.05, 3.63) is 30.4 Å². The fourth-order valence-corrected chi connectivity index (χ4v) is 3.30. The summed E-state index contributed by atoms with van der Waals surface area (Å²) in [6.07, 6.45) is 7.70. The molecule has 7 heteroatoms. The lowest BCUT2D eigenvalue weighted by Gasteiger charge is -2.22. The first-order valence-corrected chi connectivity index (χ1v) is 8.66. The number of nitrogens with one attached hydrogen (secondary N) is 1. The number of aryl methyl sites for hydroxylation is 2. The van der Waals surface area contributed by atoms with E-state index in [-0.39, 0.29) is 0 Å². The summed E-state index contributed by atoms with van der Waals surface area (Å²) in [6.45, 7) is 4.71. The van der Waals surface area contributed by atoms with Crippen LogP contribution in [0.3, 0.4) is 0 Å². The van der Waals surface area contributed by atoms with Crippen molar-refractivity contribution in [3.8, 4) is 17.1 Å². The number of hydrogen-bond donors (Lipinski definition) is 1. The molecule has 1 aliphatic rings. The highest BCUT2D eigenvalue weighted by atomic mass is 16.5. The molecule has 4 heterocycles.